The number of nitrogens with one attached hydrogen (secondary N) is 1. The van der Waals surface area contributed by atoms with Gasteiger partial charge in [0.25, 0.3) is 0 Å². The first kappa shape index (κ1) is 10.7. The van der Waals surface area contributed by atoms with E-state index in [2.05, 4.69) is 30.6 Å². The second-order valence-electron chi connectivity index (χ2n) is 4.82. The van der Waals surface area contributed by atoms with Crippen LogP contribution in [0.15, 0.2) is 16.9 Å². The Balaban J connectivity index is 0.000000404. The first-order valence-corrected chi connectivity index (χ1v) is 6.27. The fraction of sp³-hybridized carbons (Fsp3) is 0.769. The van der Waals surface area contributed by atoms with Gasteiger partial charge in [-0.25, -0.2) is 0 Å². The molecule has 1 heterocycles. The van der Waals surface area contributed by atoms with Crippen LogP contribution in [-0.2, 0) is 0 Å². The first-order chi connectivity index (χ1) is 7.27. The molecule has 3 rings (SSSR count). The Morgan fingerprint density at radius 2 is 2.07 bits per heavy atom. The highest BCUT2D eigenvalue weighted by Crippen LogP contribution is 2.55. The van der Waals surface area contributed by atoms with Crippen LogP contribution in [0, 0.1) is 23.7 Å². The molecule has 4 atom stereocenters. The molecule has 4 unspecified atom stereocenters. The third-order valence-electron chi connectivity index (χ3n) is 4.10. The van der Waals surface area contributed by atoms with Gasteiger partial charge in [0.2, 0.25) is 0 Å². The lowest BCUT2D eigenvalue weighted by Crippen LogP contribution is -2.29. The van der Waals surface area contributed by atoms with Crippen molar-refractivity contribution in [2.75, 3.05) is 0 Å². The van der Waals surface area contributed by atoms with Crippen LogP contribution in [0.2, 0.25) is 0 Å². The van der Waals surface area contributed by atoms with Crippen LogP contribution in [0.3, 0.4) is 0 Å². The van der Waals surface area contributed by atoms with E-state index < -0.39 is 0 Å². The van der Waals surface area contributed by atoms with E-state index in [9.17, 15) is 0 Å². The van der Waals surface area contributed by atoms with Crippen LogP contribution in [0.1, 0.15) is 40.5 Å². The van der Waals surface area contributed by atoms with Gasteiger partial charge in [-0.05, 0) is 43.1 Å². The lowest BCUT2D eigenvalue weighted by Gasteiger charge is -2.30. The monoisotopic (exact) mass is 206 g/mol. The molecule has 2 fully saturated rings. The molecule has 0 radical (unpaired) electrons. The quantitative estimate of drug-likeness (QED) is 0.647. The highest BCUT2D eigenvalue weighted by atomic mass is 15.3. The summed E-state index contributed by atoms with van der Waals surface area (Å²) < 4.78 is 0. The highest BCUT2D eigenvalue weighted by molar-refractivity contribution is 5.88. The predicted octanol–water partition coefficient (Wildman–Crippen LogP) is 3.17. The second-order valence-corrected chi connectivity index (χ2v) is 4.82. The standard InChI is InChI=1S/C11H16N2.C2H6/c1-6-3-8-4-9(6)10-5-12-13-7(2)11(8)10;1-2/h5-6,8-9,11-12H,3-4H2,1-2H3;1-2H3. The fourth-order valence-electron chi connectivity index (χ4n) is 3.59. The largest absolute Gasteiger partial charge is 0.286 e. The predicted molar refractivity (Wildman–Crippen MR) is 64.5 cm³/mol. The van der Waals surface area contributed by atoms with E-state index in [-0.39, 0.29) is 0 Å². The molecule has 1 aliphatic heterocycles. The summed E-state index contributed by atoms with van der Waals surface area (Å²) in [6.45, 7) is 8.55. The van der Waals surface area contributed by atoms with Crippen molar-refractivity contribution in [3.8, 4) is 0 Å². The summed E-state index contributed by atoms with van der Waals surface area (Å²) in [4.78, 5) is 0. The SMILES string of the molecule is CC.CC1=NNC=C2C3CC(CC3C)C21. The van der Waals surface area contributed by atoms with Gasteiger partial charge < -0.3 is 0 Å². The van der Waals surface area contributed by atoms with Crippen LogP contribution in [0.4, 0.5) is 0 Å². The minimum Gasteiger partial charge on any atom is -0.286 e. The van der Waals surface area contributed by atoms with E-state index in [1.807, 2.05) is 13.8 Å². The summed E-state index contributed by atoms with van der Waals surface area (Å²) in [5, 5.41) is 4.31. The van der Waals surface area contributed by atoms with Crippen molar-refractivity contribution in [3.63, 3.8) is 0 Å². The summed E-state index contributed by atoms with van der Waals surface area (Å²) in [6.07, 6.45) is 4.98. The molecule has 1 N–H and O–H groups in total. The van der Waals surface area contributed by atoms with E-state index in [4.69, 9.17) is 0 Å². The number of hydrogen-bond acceptors (Lipinski definition) is 2. The summed E-state index contributed by atoms with van der Waals surface area (Å²) in [6, 6.07) is 0. The molecule has 0 aromatic heterocycles. The molecule has 15 heavy (non-hydrogen) atoms. The van der Waals surface area contributed by atoms with Crippen molar-refractivity contribution in [1.82, 2.24) is 5.43 Å². The lowest BCUT2D eigenvalue weighted by atomic mass is 9.77. The van der Waals surface area contributed by atoms with Gasteiger partial charge in [-0.3, -0.25) is 5.43 Å². The number of fused-ring (bicyclic) bond motifs is 5. The maximum Gasteiger partial charge on any atom is 0.0426 e. The summed E-state index contributed by atoms with van der Waals surface area (Å²) in [7, 11) is 0. The van der Waals surface area contributed by atoms with Crippen molar-refractivity contribution in [3.05, 3.63) is 11.8 Å². The number of hydrazone groups is 1. The van der Waals surface area contributed by atoms with E-state index in [0.29, 0.717) is 5.92 Å². The van der Waals surface area contributed by atoms with Gasteiger partial charge in [0.1, 0.15) is 0 Å². The second kappa shape index (κ2) is 3.99. The Kier molecular flexibility index (Phi) is 2.85. The Hall–Kier alpha value is -0.790. The van der Waals surface area contributed by atoms with Crippen LogP contribution < -0.4 is 5.43 Å². The molecule has 2 nitrogen and oxygen atoms in total. The maximum absolute atomic E-state index is 4.31. The third-order valence-corrected chi connectivity index (χ3v) is 4.10. The summed E-state index contributed by atoms with van der Waals surface area (Å²) in [5.74, 6) is 3.35. The maximum atomic E-state index is 4.31. The van der Waals surface area contributed by atoms with Crippen LogP contribution >= 0.6 is 0 Å². The van der Waals surface area contributed by atoms with Gasteiger partial charge in [-0.15, -0.1) is 0 Å². The van der Waals surface area contributed by atoms with Crippen molar-refractivity contribution in [2.45, 2.75) is 40.5 Å². The van der Waals surface area contributed by atoms with Crippen LogP contribution in [0.5, 0.6) is 0 Å². The third kappa shape index (κ3) is 1.51. The van der Waals surface area contributed by atoms with Gasteiger partial charge in [-0.2, -0.15) is 5.10 Å². The van der Waals surface area contributed by atoms with Crippen molar-refractivity contribution in [2.24, 2.45) is 28.8 Å². The molecule has 2 saturated carbocycles. The number of rotatable bonds is 0. The van der Waals surface area contributed by atoms with Gasteiger partial charge in [0.05, 0.1) is 0 Å². The molecule has 0 aromatic carbocycles. The highest BCUT2D eigenvalue weighted by Gasteiger charge is 2.49. The van der Waals surface area contributed by atoms with Gasteiger partial charge in [0.15, 0.2) is 0 Å². The van der Waals surface area contributed by atoms with Crippen molar-refractivity contribution < 1.29 is 0 Å². The van der Waals surface area contributed by atoms with Crippen LogP contribution in [0.25, 0.3) is 0 Å². The average molecular weight is 206 g/mol. The molecule has 2 bridgehead atoms. The minimum atomic E-state index is 0.697. The normalized spacial score (nSPS) is 40.8. The van der Waals surface area contributed by atoms with Crippen molar-refractivity contribution in [1.29, 1.82) is 0 Å². The lowest BCUT2D eigenvalue weighted by molar-refractivity contribution is 0.391. The molecule has 2 aliphatic carbocycles. The zero-order valence-electron chi connectivity index (χ0n) is 10.2. The summed E-state index contributed by atoms with van der Waals surface area (Å²) >= 11 is 0. The molecule has 84 valence electrons. The molecule has 0 aromatic rings. The van der Waals surface area contributed by atoms with Gasteiger partial charge in [-0.1, -0.05) is 20.8 Å². The van der Waals surface area contributed by atoms with E-state index >= 15 is 0 Å². The number of nitrogens with zero attached hydrogens (tertiary/aromatic N) is 1. The van der Waals surface area contributed by atoms with E-state index in [1.54, 1.807) is 5.57 Å². The first-order valence-electron chi connectivity index (χ1n) is 6.27. The average Bonchev–Trinajstić information content (AvgIpc) is 2.78. The Morgan fingerprint density at radius 3 is 2.80 bits per heavy atom. The van der Waals surface area contributed by atoms with E-state index in [1.165, 1.54) is 18.6 Å². The minimum absolute atomic E-state index is 0.697. The number of allylic oxidation sites excluding steroid dienone is 1. The van der Waals surface area contributed by atoms with Crippen molar-refractivity contribution >= 4 is 5.71 Å². The van der Waals surface area contributed by atoms with E-state index in [0.717, 1.165) is 17.8 Å². The molecule has 3 aliphatic rings. The number of hydrogen-bond donors (Lipinski definition) is 1. The molecular formula is C13H22N2. The Bertz CT molecular complexity index is 304. The molecule has 2 heteroatoms. The zero-order chi connectivity index (χ0) is 11.0. The van der Waals surface area contributed by atoms with Gasteiger partial charge in [0, 0.05) is 17.8 Å². The molecular weight excluding hydrogens is 184 g/mol. The summed E-state index contributed by atoms with van der Waals surface area (Å²) in [5.41, 5.74) is 5.98. The van der Waals surface area contributed by atoms with Gasteiger partial charge >= 0.3 is 0 Å². The molecule has 0 saturated heterocycles. The van der Waals surface area contributed by atoms with Crippen LogP contribution in [-0.4, -0.2) is 5.71 Å². The zero-order valence-corrected chi connectivity index (χ0v) is 10.2. The molecule has 0 spiro atoms. The fourth-order valence-corrected chi connectivity index (χ4v) is 3.59. The topological polar surface area (TPSA) is 24.4 Å². The molecule has 0 amide bonds. The smallest absolute Gasteiger partial charge is 0.0426 e. The Labute approximate surface area is 92.8 Å². The Morgan fingerprint density at radius 1 is 1.33 bits per heavy atom.